The first-order valence-electron chi connectivity index (χ1n) is 9.27. The van der Waals surface area contributed by atoms with E-state index in [2.05, 4.69) is 15.5 Å². The Labute approximate surface area is 184 Å². The molecule has 1 atom stereocenters. The molecule has 0 aliphatic rings. The van der Waals surface area contributed by atoms with Crippen molar-refractivity contribution in [3.05, 3.63) is 75.0 Å². The topological polar surface area (TPSA) is 59.8 Å². The Morgan fingerprint density at radius 2 is 1.93 bits per heavy atom. The second-order valence-electron chi connectivity index (χ2n) is 6.63. The first-order valence-corrected chi connectivity index (χ1v) is 11.0. The van der Waals surface area contributed by atoms with Gasteiger partial charge in [0.1, 0.15) is 0 Å². The van der Waals surface area contributed by atoms with Gasteiger partial charge in [-0.3, -0.25) is 4.79 Å². The van der Waals surface area contributed by atoms with E-state index in [1.54, 1.807) is 17.8 Å². The van der Waals surface area contributed by atoms with Crippen molar-refractivity contribution in [2.75, 3.05) is 0 Å². The third-order valence-electron chi connectivity index (χ3n) is 4.54. The second kappa shape index (κ2) is 9.65. The van der Waals surface area contributed by atoms with E-state index in [-0.39, 0.29) is 11.9 Å². The van der Waals surface area contributed by atoms with Gasteiger partial charge in [-0.2, -0.15) is 0 Å². The number of nitrogens with zero attached hydrogens (tertiary/aromatic N) is 3. The molecule has 0 radical (unpaired) electrons. The highest BCUT2D eigenvalue weighted by atomic mass is 35.5. The fourth-order valence-electron chi connectivity index (χ4n) is 2.97. The summed E-state index contributed by atoms with van der Waals surface area (Å²) in [6, 6.07) is 12.8. The number of aryl methyl sites for hydroxylation is 1. The minimum atomic E-state index is -0.270. The molecule has 0 bridgehead atoms. The maximum absolute atomic E-state index is 12.6. The van der Waals surface area contributed by atoms with Gasteiger partial charge in [-0.05, 0) is 50.1 Å². The first-order chi connectivity index (χ1) is 13.9. The van der Waals surface area contributed by atoms with Crippen molar-refractivity contribution in [3.8, 4) is 0 Å². The molecule has 5 nitrogen and oxygen atoms in total. The van der Waals surface area contributed by atoms with Crippen LogP contribution in [0.15, 0.2) is 47.6 Å². The molecule has 1 heterocycles. The van der Waals surface area contributed by atoms with Crippen molar-refractivity contribution in [3.63, 3.8) is 0 Å². The Balaban J connectivity index is 1.72. The number of hydrogen-bond donors (Lipinski definition) is 1. The summed E-state index contributed by atoms with van der Waals surface area (Å²) in [6.45, 7) is 6.58. The highest BCUT2D eigenvalue weighted by molar-refractivity contribution is 7.98. The van der Waals surface area contributed by atoms with Crippen molar-refractivity contribution >= 4 is 40.9 Å². The zero-order valence-corrected chi connectivity index (χ0v) is 18.8. The van der Waals surface area contributed by atoms with Gasteiger partial charge >= 0.3 is 0 Å². The van der Waals surface area contributed by atoms with E-state index >= 15 is 0 Å². The number of carbonyl (C=O) groups is 1. The molecule has 2 aromatic carbocycles. The van der Waals surface area contributed by atoms with Gasteiger partial charge in [-0.1, -0.05) is 59.2 Å². The van der Waals surface area contributed by atoms with Gasteiger partial charge in [0.2, 0.25) is 0 Å². The minimum absolute atomic E-state index is 0.119. The molecular weight excluding hydrogens is 427 g/mol. The van der Waals surface area contributed by atoms with Crippen LogP contribution in [-0.4, -0.2) is 20.7 Å². The van der Waals surface area contributed by atoms with E-state index in [1.807, 2.05) is 61.7 Å². The lowest BCUT2D eigenvalue weighted by Gasteiger charge is -2.16. The lowest BCUT2D eigenvalue weighted by molar-refractivity contribution is 0.0937. The normalized spacial score (nSPS) is 12.0. The largest absolute Gasteiger partial charge is 0.342 e. The maximum Gasteiger partial charge on any atom is 0.252 e. The van der Waals surface area contributed by atoms with Crippen LogP contribution in [0, 0.1) is 6.92 Å². The molecule has 1 aromatic heterocycles. The molecule has 0 aliphatic heterocycles. The maximum atomic E-state index is 12.6. The van der Waals surface area contributed by atoms with Gasteiger partial charge in [-0.15, -0.1) is 10.2 Å². The predicted octanol–water partition coefficient (Wildman–Crippen LogP) is 5.70. The summed E-state index contributed by atoms with van der Waals surface area (Å²) < 4.78 is 2.02. The van der Waals surface area contributed by atoms with Crippen LogP contribution < -0.4 is 5.32 Å². The molecule has 0 saturated heterocycles. The van der Waals surface area contributed by atoms with Crippen LogP contribution in [-0.2, 0) is 12.3 Å². The number of nitrogens with one attached hydrogen (secondary N) is 1. The third kappa shape index (κ3) is 5.13. The quantitative estimate of drug-likeness (QED) is 0.471. The van der Waals surface area contributed by atoms with E-state index in [9.17, 15) is 4.79 Å². The van der Waals surface area contributed by atoms with E-state index in [1.165, 1.54) is 0 Å². The summed E-state index contributed by atoms with van der Waals surface area (Å²) in [6.07, 6.45) is 0. The summed E-state index contributed by atoms with van der Waals surface area (Å²) >= 11 is 13.6. The third-order valence-corrected chi connectivity index (χ3v) is 6.32. The fraction of sp³-hybridized carbons (Fsp3) is 0.286. The average molecular weight is 449 g/mol. The number of hydrogen-bond acceptors (Lipinski definition) is 4. The molecule has 8 heteroatoms. The summed E-state index contributed by atoms with van der Waals surface area (Å²) in [5, 5.41) is 13.6. The van der Waals surface area contributed by atoms with Crippen LogP contribution >= 0.6 is 35.0 Å². The summed E-state index contributed by atoms with van der Waals surface area (Å²) in [5.41, 5.74) is 2.65. The van der Waals surface area contributed by atoms with Crippen molar-refractivity contribution in [1.82, 2.24) is 20.1 Å². The molecule has 29 heavy (non-hydrogen) atoms. The molecular formula is C21H22Cl2N4OS. The zero-order chi connectivity index (χ0) is 21.0. The predicted molar refractivity (Wildman–Crippen MR) is 119 cm³/mol. The number of halogens is 2. The summed E-state index contributed by atoms with van der Waals surface area (Å²) in [5.74, 6) is 1.30. The van der Waals surface area contributed by atoms with Gasteiger partial charge in [0, 0.05) is 17.9 Å². The Kier molecular flexibility index (Phi) is 7.22. The minimum Gasteiger partial charge on any atom is -0.342 e. The average Bonchev–Trinajstić information content (AvgIpc) is 3.12. The lowest BCUT2D eigenvalue weighted by atomic mass is 10.1. The zero-order valence-electron chi connectivity index (χ0n) is 16.4. The molecule has 0 fully saturated rings. The molecule has 0 saturated carbocycles. The SMILES string of the molecule is CCn1c(SCc2ccc(Cl)c(Cl)c2)nnc1[C@@H](C)NC(=O)c1ccccc1C. The molecule has 3 rings (SSSR count). The molecule has 0 spiro atoms. The molecule has 1 N–H and O–H groups in total. The van der Waals surface area contributed by atoms with Crippen LogP contribution in [0.5, 0.6) is 0 Å². The monoisotopic (exact) mass is 448 g/mol. The molecule has 3 aromatic rings. The molecule has 152 valence electrons. The Hall–Kier alpha value is -2.02. The number of rotatable bonds is 7. The highest BCUT2D eigenvalue weighted by Gasteiger charge is 2.20. The Morgan fingerprint density at radius 3 is 2.62 bits per heavy atom. The van der Waals surface area contributed by atoms with E-state index in [0.29, 0.717) is 27.9 Å². The van der Waals surface area contributed by atoms with Crippen molar-refractivity contribution < 1.29 is 4.79 Å². The van der Waals surface area contributed by atoms with Crippen molar-refractivity contribution in [2.45, 2.75) is 44.3 Å². The lowest BCUT2D eigenvalue weighted by Crippen LogP contribution is -2.29. The summed E-state index contributed by atoms with van der Waals surface area (Å²) in [4.78, 5) is 12.6. The van der Waals surface area contributed by atoms with Crippen LogP contribution in [0.1, 0.15) is 47.2 Å². The summed E-state index contributed by atoms with van der Waals surface area (Å²) in [7, 11) is 0. The van der Waals surface area contributed by atoms with Crippen LogP contribution in [0.2, 0.25) is 10.0 Å². The molecule has 0 unspecified atom stereocenters. The van der Waals surface area contributed by atoms with Crippen molar-refractivity contribution in [2.24, 2.45) is 0 Å². The number of aromatic nitrogens is 3. The van der Waals surface area contributed by atoms with Crippen LogP contribution in [0.4, 0.5) is 0 Å². The smallest absolute Gasteiger partial charge is 0.252 e. The fourth-order valence-corrected chi connectivity index (χ4v) is 4.24. The first kappa shape index (κ1) is 21.7. The van der Waals surface area contributed by atoms with E-state index in [0.717, 1.165) is 22.1 Å². The van der Waals surface area contributed by atoms with E-state index < -0.39 is 0 Å². The van der Waals surface area contributed by atoms with Gasteiger partial charge < -0.3 is 9.88 Å². The number of carbonyl (C=O) groups excluding carboxylic acids is 1. The van der Waals surface area contributed by atoms with Crippen LogP contribution in [0.3, 0.4) is 0 Å². The number of amides is 1. The van der Waals surface area contributed by atoms with E-state index in [4.69, 9.17) is 23.2 Å². The Morgan fingerprint density at radius 1 is 1.17 bits per heavy atom. The highest BCUT2D eigenvalue weighted by Crippen LogP contribution is 2.28. The molecule has 0 aliphatic carbocycles. The second-order valence-corrected chi connectivity index (χ2v) is 8.39. The number of thioether (sulfide) groups is 1. The van der Waals surface area contributed by atoms with Crippen LogP contribution in [0.25, 0.3) is 0 Å². The van der Waals surface area contributed by atoms with Gasteiger partial charge in [0.05, 0.1) is 16.1 Å². The van der Waals surface area contributed by atoms with Gasteiger partial charge in [-0.25, -0.2) is 0 Å². The Bertz CT molecular complexity index is 1020. The number of benzene rings is 2. The molecule has 1 amide bonds. The van der Waals surface area contributed by atoms with Gasteiger partial charge in [0.15, 0.2) is 11.0 Å². The standard InChI is InChI=1S/C21H22Cl2N4OS/c1-4-27-19(14(3)24-20(28)16-8-6-5-7-13(16)2)25-26-21(27)29-12-15-9-10-17(22)18(23)11-15/h5-11,14H,4,12H2,1-3H3,(H,24,28)/t14-/m1/s1. The van der Waals surface area contributed by atoms with Gasteiger partial charge in [0.25, 0.3) is 5.91 Å². The van der Waals surface area contributed by atoms with Crippen molar-refractivity contribution in [1.29, 1.82) is 0 Å².